The molecule has 228 valence electrons. The number of para-hydroxylation sites is 2. The van der Waals surface area contributed by atoms with E-state index in [0.29, 0.717) is 17.5 Å². The monoisotopic (exact) mass is 626 g/mol. The molecule has 0 fully saturated rings. The van der Waals surface area contributed by atoms with Gasteiger partial charge in [-0.25, -0.2) is 19.9 Å². The average Bonchev–Trinajstić information content (AvgIpc) is 3.55. The van der Waals surface area contributed by atoms with Crippen LogP contribution in [0.3, 0.4) is 0 Å². The van der Waals surface area contributed by atoms with Crippen LogP contribution in [0.15, 0.2) is 162 Å². The number of furan rings is 1. The van der Waals surface area contributed by atoms with E-state index < -0.39 is 0 Å². The highest BCUT2D eigenvalue weighted by Gasteiger charge is 2.17. The minimum atomic E-state index is 0.588. The van der Waals surface area contributed by atoms with Crippen LogP contribution in [0.25, 0.3) is 99.8 Å². The van der Waals surface area contributed by atoms with Crippen LogP contribution in [0.5, 0.6) is 0 Å². The zero-order valence-electron chi connectivity index (χ0n) is 26.2. The summed E-state index contributed by atoms with van der Waals surface area (Å²) in [5, 5.41) is 7.72. The van der Waals surface area contributed by atoms with Gasteiger partial charge in [0, 0.05) is 38.4 Å². The SMILES string of the molecule is c1ccc2cc(-c3nc(-c4ccc5c(c4)oc4ccccc45)nc(-c4cccc5cc(-c6ccc7ccccc7n6)ccc45)n3)ccc2c1. The molecular formula is C44H26N4O. The number of hydrogen-bond donors (Lipinski definition) is 0. The molecule has 5 heteroatoms. The Hall–Kier alpha value is -6.72. The Morgan fingerprint density at radius 2 is 0.980 bits per heavy atom. The van der Waals surface area contributed by atoms with Crippen molar-refractivity contribution in [3.05, 3.63) is 158 Å². The summed E-state index contributed by atoms with van der Waals surface area (Å²) >= 11 is 0. The molecule has 3 heterocycles. The van der Waals surface area contributed by atoms with E-state index >= 15 is 0 Å². The van der Waals surface area contributed by atoms with Crippen molar-refractivity contribution in [1.29, 1.82) is 0 Å². The highest BCUT2D eigenvalue weighted by Crippen LogP contribution is 2.35. The largest absolute Gasteiger partial charge is 0.456 e. The predicted octanol–water partition coefficient (Wildman–Crippen LogP) is 11.3. The molecule has 5 nitrogen and oxygen atoms in total. The quantitative estimate of drug-likeness (QED) is 0.194. The van der Waals surface area contributed by atoms with Crippen LogP contribution in [-0.2, 0) is 0 Å². The second kappa shape index (κ2) is 10.9. The minimum absolute atomic E-state index is 0.588. The number of hydrogen-bond acceptors (Lipinski definition) is 5. The molecule has 0 aliphatic heterocycles. The molecule has 0 aliphatic carbocycles. The van der Waals surface area contributed by atoms with Crippen molar-refractivity contribution >= 4 is 54.4 Å². The maximum absolute atomic E-state index is 6.25. The van der Waals surface area contributed by atoms with Crippen molar-refractivity contribution in [2.45, 2.75) is 0 Å². The number of benzene rings is 7. The van der Waals surface area contributed by atoms with Gasteiger partial charge in [-0.1, -0.05) is 115 Å². The van der Waals surface area contributed by atoms with Crippen LogP contribution >= 0.6 is 0 Å². The molecule has 0 unspecified atom stereocenters. The van der Waals surface area contributed by atoms with Crippen LogP contribution in [0.2, 0.25) is 0 Å². The van der Waals surface area contributed by atoms with Crippen molar-refractivity contribution in [2.24, 2.45) is 0 Å². The molecule has 10 aromatic rings. The normalized spacial score (nSPS) is 11.7. The highest BCUT2D eigenvalue weighted by molar-refractivity contribution is 6.06. The Balaban J connectivity index is 1.14. The first kappa shape index (κ1) is 27.4. The number of rotatable bonds is 4. The van der Waals surface area contributed by atoms with E-state index in [1.807, 2.05) is 36.4 Å². The van der Waals surface area contributed by atoms with Gasteiger partial charge in [0.15, 0.2) is 17.5 Å². The number of nitrogens with zero attached hydrogens (tertiary/aromatic N) is 4. The third kappa shape index (κ3) is 4.71. The van der Waals surface area contributed by atoms with E-state index in [4.69, 9.17) is 24.4 Å². The summed E-state index contributed by atoms with van der Waals surface area (Å²) in [6, 6.07) is 54.1. The van der Waals surface area contributed by atoms with Crippen molar-refractivity contribution in [1.82, 2.24) is 19.9 Å². The summed E-state index contributed by atoms with van der Waals surface area (Å²) in [5.41, 5.74) is 7.36. The molecule has 3 aromatic heterocycles. The molecule has 10 rings (SSSR count). The summed E-state index contributed by atoms with van der Waals surface area (Å²) < 4.78 is 6.25. The van der Waals surface area contributed by atoms with Crippen LogP contribution < -0.4 is 0 Å². The van der Waals surface area contributed by atoms with E-state index in [9.17, 15) is 0 Å². The van der Waals surface area contributed by atoms with Crippen LogP contribution in [0.4, 0.5) is 0 Å². The lowest BCUT2D eigenvalue weighted by molar-refractivity contribution is 0.669. The molecule has 0 saturated carbocycles. The molecule has 0 spiro atoms. The van der Waals surface area contributed by atoms with E-state index in [-0.39, 0.29) is 0 Å². The van der Waals surface area contributed by atoms with Crippen molar-refractivity contribution in [3.63, 3.8) is 0 Å². The van der Waals surface area contributed by atoms with Gasteiger partial charge in [-0.05, 0) is 64.0 Å². The molecule has 0 atom stereocenters. The third-order valence-electron chi connectivity index (χ3n) is 9.30. The predicted molar refractivity (Wildman–Crippen MR) is 199 cm³/mol. The summed E-state index contributed by atoms with van der Waals surface area (Å²) in [5.74, 6) is 1.81. The van der Waals surface area contributed by atoms with E-state index in [1.54, 1.807) is 0 Å². The van der Waals surface area contributed by atoms with Crippen LogP contribution in [0, 0.1) is 0 Å². The topological polar surface area (TPSA) is 64.7 Å². The molecule has 0 amide bonds. The van der Waals surface area contributed by atoms with Crippen LogP contribution in [-0.4, -0.2) is 19.9 Å². The maximum Gasteiger partial charge on any atom is 0.164 e. The highest BCUT2D eigenvalue weighted by atomic mass is 16.3. The van der Waals surface area contributed by atoms with E-state index in [2.05, 4.69) is 121 Å². The zero-order chi connectivity index (χ0) is 32.3. The zero-order valence-corrected chi connectivity index (χ0v) is 26.2. The van der Waals surface area contributed by atoms with Gasteiger partial charge in [-0.2, -0.15) is 0 Å². The fourth-order valence-electron chi connectivity index (χ4n) is 6.81. The Morgan fingerprint density at radius 1 is 0.347 bits per heavy atom. The van der Waals surface area contributed by atoms with Crippen molar-refractivity contribution in [3.8, 4) is 45.4 Å². The van der Waals surface area contributed by atoms with Gasteiger partial charge in [0.25, 0.3) is 0 Å². The standard InChI is InChI=1S/C44H26N4O/c1-2-10-29-24-32(17-16-27(29)8-1)42-46-43(33-19-22-36-35-12-4-6-15-40(35)49-41(36)26-33)48-44(47-42)37-13-7-11-30-25-31(18-21-34(30)37)39-23-20-28-9-3-5-14-38(28)45-39/h1-26H. The molecular weight excluding hydrogens is 601 g/mol. The maximum atomic E-state index is 6.25. The van der Waals surface area contributed by atoms with Gasteiger partial charge in [0.1, 0.15) is 11.2 Å². The summed E-state index contributed by atoms with van der Waals surface area (Å²) in [4.78, 5) is 20.2. The Kier molecular flexibility index (Phi) is 6.11. The molecule has 49 heavy (non-hydrogen) atoms. The van der Waals surface area contributed by atoms with Gasteiger partial charge in [-0.3, -0.25) is 0 Å². The second-order valence-electron chi connectivity index (χ2n) is 12.3. The molecule has 0 radical (unpaired) electrons. The van der Waals surface area contributed by atoms with Gasteiger partial charge in [0.05, 0.1) is 11.2 Å². The van der Waals surface area contributed by atoms with E-state index in [1.165, 1.54) is 5.39 Å². The van der Waals surface area contributed by atoms with Crippen molar-refractivity contribution in [2.75, 3.05) is 0 Å². The van der Waals surface area contributed by atoms with Gasteiger partial charge < -0.3 is 4.42 Å². The Bertz CT molecular complexity index is 2910. The third-order valence-corrected chi connectivity index (χ3v) is 9.30. The summed E-state index contributed by atoms with van der Waals surface area (Å²) in [7, 11) is 0. The molecule has 0 bridgehead atoms. The first-order valence-electron chi connectivity index (χ1n) is 16.3. The number of aromatic nitrogens is 4. The summed E-state index contributed by atoms with van der Waals surface area (Å²) in [6.07, 6.45) is 0. The molecule has 0 N–H and O–H groups in total. The van der Waals surface area contributed by atoms with E-state index in [0.717, 1.165) is 76.9 Å². The fourth-order valence-corrected chi connectivity index (χ4v) is 6.81. The lowest BCUT2D eigenvalue weighted by Crippen LogP contribution is -2.00. The lowest BCUT2D eigenvalue weighted by atomic mass is 9.99. The fraction of sp³-hybridized carbons (Fsp3) is 0. The molecule has 7 aromatic carbocycles. The average molecular weight is 627 g/mol. The minimum Gasteiger partial charge on any atom is -0.456 e. The molecule has 0 aliphatic rings. The molecule has 0 saturated heterocycles. The van der Waals surface area contributed by atoms with Gasteiger partial charge >= 0.3 is 0 Å². The number of pyridine rings is 1. The van der Waals surface area contributed by atoms with Gasteiger partial charge in [-0.15, -0.1) is 0 Å². The first-order valence-corrected chi connectivity index (χ1v) is 16.3. The Morgan fingerprint density at radius 3 is 1.90 bits per heavy atom. The smallest absolute Gasteiger partial charge is 0.164 e. The lowest BCUT2D eigenvalue weighted by Gasteiger charge is -2.12. The second-order valence-corrected chi connectivity index (χ2v) is 12.3. The summed E-state index contributed by atoms with van der Waals surface area (Å²) in [6.45, 7) is 0. The van der Waals surface area contributed by atoms with Gasteiger partial charge in [0.2, 0.25) is 0 Å². The van der Waals surface area contributed by atoms with Crippen molar-refractivity contribution < 1.29 is 4.42 Å². The Labute approximate surface area is 281 Å². The van der Waals surface area contributed by atoms with Crippen LogP contribution in [0.1, 0.15) is 0 Å². The first-order chi connectivity index (χ1) is 24.2. The number of fused-ring (bicyclic) bond motifs is 6.